The summed E-state index contributed by atoms with van der Waals surface area (Å²) < 4.78 is 0. The van der Waals surface area contributed by atoms with Gasteiger partial charge in [0.2, 0.25) is 0 Å². The van der Waals surface area contributed by atoms with Crippen LogP contribution in [0.5, 0.6) is 0 Å². The molecule has 0 saturated heterocycles. The van der Waals surface area contributed by atoms with Gasteiger partial charge in [0.15, 0.2) is 11.5 Å². The second kappa shape index (κ2) is 5.17. The summed E-state index contributed by atoms with van der Waals surface area (Å²) in [5.41, 5.74) is 1.80. The molecule has 1 heterocycles. The third-order valence-corrected chi connectivity index (χ3v) is 3.32. The first-order valence-electron chi connectivity index (χ1n) is 6.16. The quantitative estimate of drug-likeness (QED) is 0.849. The van der Waals surface area contributed by atoms with Gasteiger partial charge in [0, 0.05) is 0 Å². The maximum absolute atomic E-state index is 12.0. The van der Waals surface area contributed by atoms with Gasteiger partial charge in [-0.15, -0.1) is 0 Å². The first kappa shape index (κ1) is 13.8. The van der Waals surface area contributed by atoms with E-state index in [-0.39, 0.29) is 17.9 Å². The summed E-state index contributed by atoms with van der Waals surface area (Å²) in [4.78, 5) is 24.9. The Morgan fingerprint density at radius 3 is 2.50 bits per heavy atom. The van der Waals surface area contributed by atoms with Gasteiger partial charge >= 0.3 is 0 Å². The van der Waals surface area contributed by atoms with Gasteiger partial charge in [-0.05, 0) is 19.4 Å². The van der Waals surface area contributed by atoms with Crippen LogP contribution >= 0.6 is 0 Å². The highest BCUT2D eigenvalue weighted by atomic mass is 16.3. The molecule has 102 valence electrons. The minimum absolute atomic E-state index is 0.0501. The van der Waals surface area contributed by atoms with Crippen molar-refractivity contribution in [3.05, 3.63) is 46.7 Å². The molecule has 1 N–H and O–H groups in total. The van der Waals surface area contributed by atoms with Crippen LogP contribution in [0.1, 0.15) is 24.1 Å². The summed E-state index contributed by atoms with van der Waals surface area (Å²) in [5.74, 6) is -1.61. The molecule has 0 aliphatic carbocycles. The molecule has 1 aliphatic rings. The highest BCUT2D eigenvalue weighted by molar-refractivity contribution is 6.08. The van der Waals surface area contributed by atoms with Crippen LogP contribution in [0.3, 0.4) is 0 Å². The molecule has 0 saturated carbocycles. The molecule has 5 nitrogen and oxygen atoms in total. The molecule has 0 fully saturated rings. The Morgan fingerprint density at radius 2 is 2.00 bits per heavy atom. The average molecular weight is 270 g/mol. The smallest absolute Gasteiger partial charge is 0.290 e. The van der Waals surface area contributed by atoms with E-state index < -0.39 is 17.7 Å². The van der Waals surface area contributed by atoms with Crippen molar-refractivity contribution in [3.8, 4) is 6.07 Å². The molecule has 0 bridgehead atoms. The number of rotatable bonds is 3. The van der Waals surface area contributed by atoms with E-state index in [0.717, 1.165) is 5.56 Å². The van der Waals surface area contributed by atoms with Crippen molar-refractivity contribution < 1.29 is 14.7 Å². The maximum Gasteiger partial charge on any atom is 0.290 e. The third-order valence-electron chi connectivity index (χ3n) is 3.32. The van der Waals surface area contributed by atoms with Gasteiger partial charge in [0.25, 0.3) is 5.91 Å². The molecule has 1 atom stereocenters. The molecule has 0 radical (unpaired) electrons. The van der Waals surface area contributed by atoms with E-state index in [1.807, 2.05) is 25.1 Å². The molecule has 5 heteroatoms. The Labute approximate surface area is 116 Å². The van der Waals surface area contributed by atoms with Crippen molar-refractivity contribution in [1.29, 1.82) is 5.26 Å². The van der Waals surface area contributed by atoms with Gasteiger partial charge in [-0.25, -0.2) is 0 Å². The second-order valence-electron chi connectivity index (χ2n) is 4.72. The van der Waals surface area contributed by atoms with E-state index in [2.05, 4.69) is 0 Å². The Kier molecular flexibility index (Phi) is 3.57. The third kappa shape index (κ3) is 2.16. The predicted octanol–water partition coefficient (Wildman–Crippen LogP) is 1.80. The van der Waals surface area contributed by atoms with Crippen LogP contribution in [0.2, 0.25) is 0 Å². The van der Waals surface area contributed by atoms with Crippen molar-refractivity contribution in [1.82, 2.24) is 4.90 Å². The number of Topliss-reactive ketones (excluding diaryl/α,β-unsaturated/α-hetero) is 1. The largest absolute Gasteiger partial charge is 0.503 e. The van der Waals surface area contributed by atoms with Crippen LogP contribution in [0.25, 0.3) is 0 Å². The molecule has 0 spiro atoms. The molecule has 1 aliphatic heterocycles. The molecule has 1 amide bonds. The topological polar surface area (TPSA) is 81.4 Å². The Morgan fingerprint density at radius 1 is 1.40 bits per heavy atom. The fourth-order valence-corrected chi connectivity index (χ4v) is 2.35. The SMILES string of the molecule is CC(=O)C1=C(O)C(=O)N(CC#N)[C@@H]1c1ccc(C)cc1. The fourth-order valence-electron chi connectivity index (χ4n) is 2.35. The Bertz CT molecular complexity index is 638. The molecular formula is C15H14N2O3. The normalized spacial score (nSPS) is 18.4. The molecule has 1 aromatic carbocycles. The lowest BCUT2D eigenvalue weighted by Gasteiger charge is -2.24. The molecule has 20 heavy (non-hydrogen) atoms. The number of hydrogen-bond acceptors (Lipinski definition) is 4. The predicted molar refractivity (Wildman–Crippen MR) is 71.6 cm³/mol. The first-order chi connectivity index (χ1) is 9.47. The van der Waals surface area contributed by atoms with Crippen LogP contribution in [-0.2, 0) is 9.59 Å². The first-order valence-corrected chi connectivity index (χ1v) is 6.16. The van der Waals surface area contributed by atoms with Gasteiger partial charge in [-0.2, -0.15) is 5.26 Å². The number of aliphatic hydroxyl groups excluding tert-OH is 1. The Balaban J connectivity index is 2.54. The van der Waals surface area contributed by atoms with Crippen LogP contribution < -0.4 is 0 Å². The highest BCUT2D eigenvalue weighted by Gasteiger charge is 2.42. The lowest BCUT2D eigenvalue weighted by molar-refractivity contribution is -0.128. The summed E-state index contributed by atoms with van der Waals surface area (Å²) >= 11 is 0. The number of aryl methyl sites for hydroxylation is 1. The van der Waals surface area contributed by atoms with E-state index >= 15 is 0 Å². The van der Waals surface area contributed by atoms with Crippen LogP contribution in [0.15, 0.2) is 35.6 Å². The van der Waals surface area contributed by atoms with Gasteiger partial charge in [0.05, 0.1) is 17.7 Å². The van der Waals surface area contributed by atoms with Crippen LogP contribution in [0, 0.1) is 18.3 Å². The summed E-state index contributed by atoms with van der Waals surface area (Å²) in [5, 5.41) is 18.7. The number of nitriles is 1. The zero-order valence-corrected chi connectivity index (χ0v) is 11.3. The molecule has 0 aromatic heterocycles. The van der Waals surface area contributed by atoms with Gasteiger partial charge in [-0.1, -0.05) is 29.8 Å². The molecular weight excluding hydrogens is 256 g/mol. The zero-order valence-electron chi connectivity index (χ0n) is 11.3. The zero-order chi connectivity index (χ0) is 14.9. The summed E-state index contributed by atoms with van der Waals surface area (Å²) in [6.07, 6.45) is 0. The number of carbonyl (C=O) groups excluding carboxylic acids is 2. The van der Waals surface area contributed by atoms with Gasteiger partial charge in [0.1, 0.15) is 6.54 Å². The number of nitrogens with zero attached hydrogens (tertiary/aromatic N) is 2. The van der Waals surface area contributed by atoms with E-state index in [1.54, 1.807) is 12.1 Å². The highest BCUT2D eigenvalue weighted by Crippen LogP contribution is 2.37. The van der Waals surface area contributed by atoms with E-state index in [0.29, 0.717) is 5.56 Å². The van der Waals surface area contributed by atoms with Crippen molar-refractivity contribution in [2.75, 3.05) is 6.54 Å². The lowest BCUT2D eigenvalue weighted by Crippen LogP contribution is -2.31. The van der Waals surface area contributed by atoms with Gasteiger partial charge < -0.3 is 10.0 Å². The van der Waals surface area contributed by atoms with E-state index in [1.165, 1.54) is 11.8 Å². The van der Waals surface area contributed by atoms with E-state index in [4.69, 9.17) is 5.26 Å². The minimum atomic E-state index is -0.694. The van der Waals surface area contributed by atoms with Crippen LogP contribution in [-0.4, -0.2) is 28.2 Å². The van der Waals surface area contributed by atoms with Crippen molar-refractivity contribution >= 4 is 11.7 Å². The van der Waals surface area contributed by atoms with Crippen molar-refractivity contribution in [2.24, 2.45) is 0 Å². The summed E-state index contributed by atoms with van der Waals surface area (Å²) in [7, 11) is 0. The Hall–Kier alpha value is -2.61. The summed E-state index contributed by atoms with van der Waals surface area (Å²) in [6, 6.07) is 8.49. The standard InChI is InChI=1S/C15H14N2O3/c1-9-3-5-11(6-4-9)13-12(10(2)18)14(19)15(20)17(13)8-7-16/h3-6,13,19H,8H2,1-2H3/t13-/m1/s1. The second-order valence-corrected chi connectivity index (χ2v) is 4.72. The van der Waals surface area contributed by atoms with Crippen molar-refractivity contribution in [3.63, 3.8) is 0 Å². The molecule has 2 rings (SSSR count). The lowest BCUT2D eigenvalue weighted by atomic mass is 9.96. The number of ketones is 1. The number of benzene rings is 1. The van der Waals surface area contributed by atoms with E-state index in [9.17, 15) is 14.7 Å². The number of carbonyl (C=O) groups is 2. The molecule has 0 unspecified atom stereocenters. The number of amides is 1. The monoisotopic (exact) mass is 270 g/mol. The minimum Gasteiger partial charge on any atom is -0.503 e. The summed E-state index contributed by atoms with van der Waals surface area (Å²) in [6.45, 7) is 3.05. The fraction of sp³-hybridized carbons (Fsp3) is 0.267. The average Bonchev–Trinajstić information content (AvgIpc) is 2.65. The maximum atomic E-state index is 12.0. The number of hydrogen-bond donors (Lipinski definition) is 1. The van der Waals surface area contributed by atoms with Crippen LogP contribution in [0.4, 0.5) is 0 Å². The molecule has 1 aromatic rings. The van der Waals surface area contributed by atoms with Crippen molar-refractivity contribution in [2.45, 2.75) is 19.9 Å². The van der Waals surface area contributed by atoms with Gasteiger partial charge in [-0.3, -0.25) is 9.59 Å². The number of aliphatic hydroxyl groups is 1.